The molecule has 0 amide bonds. The molecule has 1 aromatic carbocycles. The van der Waals surface area contributed by atoms with Gasteiger partial charge in [0.2, 0.25) is 0 Å². The van der Waals surface area contributed by atoms with Gasteiger partial charge < -0.3 is 15.5 Å². The number of hydrogen-bond donors (Lipinski definition) is 1. The Hall–Kier alpha value is -1.06. The molecule has 94 valence electrons. The molecule has 0 radical (unpaired) electrons. The van der Waals surface area contributed by atoms with Crippen LogP contribution < -0.4 is 10.6 Å². The molecule has 1 aliphatic rings. The first kappa shape index (κ1) is 12.4. The van der Waals surface area contributed by atoms with Crippen LogP contribution in [-0.2, 0) is 0 Å². The van der Waals surface area contributed by atoms with E-state index in [9.17, 15) is 0 Å². The zero-order valence-electron chi connectivity index (χ0n) is 10.9. The van der Waals surface area contributed by atoms with Crippen LogP contribution in [0.4, 0.5) is 5.69 Å². The molecular weight excluding hydrogens is 210 g/mol. The molecule has 0 aromatic heterocycles. The van der Waals surface area contributed by atoms with Gasteiger partial charge in [-0.15, -0.1) is 0 Å². The number of benzene rings is 1. The average molecular weight is 233 g/mol. The quantitative estimate of drug-likeness (QED) is 0.846. The molecule has 0 aliphatic carbocycles. The summed E-state index contributed by atoms with van der Waals surface area (Å²) in [4.78, 5) is 4.87. The van der Waals surface area contributed by atoms with Gasteiger partial charge in [0.25, 0.3) is 0 Å². The zero-order chi connectivity index (χ0) is 12.3. The van der Waals surface area contributed by atoms with Crippen molar-refractivity contribution >= 4 is 5.69 Å². The van der Waals surface area contributed by atoms with Gasteiger partial charge in [-0.05, 0) is 38.6 Å². The van der Waals surface area contributed by atoms with Crippen LogP contribution in [0.5, 0.6) is 0 Å². The highest BCUT2D eigenvalue weighted by molar-refractivity contribution is 5.55. The number of hydrogen-bond acceptors (Lipinski definition) is 3. The minimum absolute atomic E-state index is 0.104. The molecule has 2 rings (SSSR count). The van der Waals surface area contributed by atoms with E-state index in [4.69, 9.17) is 5.73 Å². The number of likely N-dealkylation sites (N-methyl/N-ethyl adjacent to an activating group) is 1. The van der Waals surface area contributed by atoms with E-state index >= 15 is 0 Å². The normalized spacial score (nSPS) is 20.1. The van der Waals surface area contributed by atoms with E-state index in [1.54, 1.807) is 0 Å². The molecule has 1 aromatic rings. The molecule has 3 heteroatoms. The van der Waals surface area contributed by atoms with Gasteiger partial charge in [-0.25, -0.2) is 0 Å². The Labute approximate surface area is 104 Å². The van der Waals surface area contributed by atoms with E-state index in [1.807, 2.05) is 0 Å². The van der Waals surface area contributed by atoms with Crippen molar-refractivity contribution in [1.29, 1.82) is 0 Å². The molecule has 1 atom stereocenters. The largest absolute Gasteiger partial charge is 0.370 e. The number of para-hydroxylation sites is 1. The summed E-state index contributed by atoms with van der Waals surface area (Å²) in [6.45, 7) is 6.61. The number of nitrogens with two attached hydrogens (primary N) is 1. The van der Waals surface area contributed by atoms with Crippen LogP contribution in [0, 0.1) is 0 Å². The lowest BCUT2D eigenvalue weighted by Crippen LogP contribution is -2.30. The van der Waals surface area contributed by atoms with Crippen molar-refractivity contribution in [3.63, 3.8) is 0 Å². The summed E-state index contributed by atoms with van der Waals surface area (Å²) in [5.41, 5.74) is 8.63. The first-order valence-electron chi connectivity index (χ1n) is 6.46. The summed E-state index contributed by atoms with van der Waals surface area (Å²) in [6, 6.07) is 8.63. The zero-order valence-corrected chi connectivity index (χ0v) is 10.9. The summed E-state index contributed by atoms with van der Waals surface area (Å²) in [5, 5.41) is 0. The molecule has 0 spiro atoms. The molecule has 3 nitrogen and oxygen atoms in total. The van der Waals surface area contributed by atoms with E-state index in [-0.39, 0.29) is 6.04 Å². The Morgan fingerprint density at radius 1 is 1.12 bits per heavy atom. The van der Waals surface area contributed by atoms with Crippen LogP contribution in [0.1, 0.15) is 24.9 Å². The van der Waals surface area contributed by atoms with E-state index in [1.165, 1.54) is 24.2 Å². The Bertz CT molecular complexity index is 362. The molecular formula is C14H23N3. The fourth-order valence-corrected chi connectivity index (χ4v) is 2.45. The summed E-state index contributed by atoms with van der Waals surface area (Å²) in [7, 11) is 2.20. The molecule has 1 fully saturated rings. The predicted molar refractivity (Wildman–Crippen MR) is 73.4 cm³/mol. The summed E-state index contributed by atoms with van der Waals surface area (Å²) >= 11 is 0. The maximum absolute atomic E-state index is 6.05. The van der Waals surface area contributed by atoms with Gasteiger partial charge in [0.05, 0.1) is 0 Å². The molecule has 1 saturated heterocycles. The van der Waals surface area contributed by atoms with Gasteiger partial charge in [0.15, 0.2) is 0 Å². The summed E-state index contributed by atoms with van der Waals surface area (Å²) in [6.07, 6.45) is 1.23. The molecule has 1 heterocycles. The molecule has 0 saturated carbocycles. The second-order valence-corrected chi connectivity index (χ2v) is 4.99. The van der Waals surface area contributed by atoms with Crippen molar-refractivity contribution in [2.75, 3.05) is 38.1 Å². The van der Waals surface area contributed by atoms with Crippen molar-refractivity contribution in [1.82, 2.24) is 4.90 Å². The predicted octanol–water partition coefficient (Wildman–Crippen LogP) is 1.85. The van der Waals surface area contributed by atoms with Crippen LogP contribution in [0.25, 0.3) is 0 Å². The standard InChI is InChI=1S/C14H23N3/c1-12(15)13-6-3-4-7-14(13)17-9-5-8-16(2)10-11-17/h3-4,6-7,12H,5,8-11,15H2,1-2H3/t12-/m0/s1. The highest BCUT2D eigenvalue weighted by Crippen LogP contribution is 2.25. The lowest BCUT2D eigenvalue weighted by atomic mass is 10.1. The van der Waals surface area contributed by atoms with E-state index < -0.39 is 0 Å². The average Bonchev–Trinajstić information content (AvgIpc) is 2.54. The first-order chi connectivity index (χ1) is 8.18. The van der Waals surface area contributed by atoms with E-state index in [2.05, 4.69) is 48.0 Å². The Morgan fingerprint density at radius 3 is 2.65 bits per heavy atom. The van der Waals surface area contributed by atoms with Crippen LogP contribution in [0.2, 0.25) is 0 Å². The highest BCUT2D eigenvalue weighted by atomic mass is 15.2. The molecule has 0 bridgehead atoms. The Balaban J connectivity index is 2.21. The van der Waals surface area contributed by atoms with Crippen molar-refractivity contribution in [3.05, 3.63) is 29.8 Å². The fourth-order valence-electron chi connectivity index (χ4n) is 2.45. The number of anilines is 1. The Kier molecular flexibility index (Phi) is 4.02. The van der Waals surface area contributed by atoms with Crippen LogP contribution >= 0.6 is 0 Å². The number of rotatable bonds is 2. The van der Waals surface area contributed by atoms with E-state index in [0.717, 1.165) is 19.6 Å². The van der Waals surface area contributed by atoms with Gasteiger partial charge >= 0.3 is 0 Å². The molecule has 0 unspecified atom stereocenters. The SMILES string of the molecule is C[C@H](N)c1ccccc1N1CCCN(C)CC1. The highest BCUT2D eigenvalue weighted by Gasteiger charge is 2.16. The maximum Gasteiger partial charge on any atom is 0.0414 e. The lowest BCUT2D eigenvalue weighted by molar-refractivity contribution is 0.360. The summed E-state index contributed by atoms with van der Waals surface area (Å²) in [5.74, 6) is 0. The maximum atomic E-state index is 6.05. The number of nitrogens with zero attached hydrogens (tertiary/aromatic N) is 2. The van der Waals surface area contributed by atoms with Gasteiger partial charge in [-0.3, -0.25) is 0 Å². The van der Waals surface area contributed by atoms with Crippen LogP contribution in [0.3, 0.4) is 0 Å². The van der Waals surface area contributed by atoms with Gasteiger partial charge in [-0.2, -0.15) is 0 Å². The van der Waals surface area contributed by atoms with Crippen molar-refractivity contribution in [2.45, 2.75) is 19.4 Å². The third-order valence-electron chi connectivity index (χ3n) is 3.49. The van der Waals surface area contributed by atoms with Gasteiger partial charge in [0, 0.05) is 31.4 Å². The van der Waals surface area contributed by atoms with Crippen molar-refractivity contribution in [3.8, 4) is 0 Å². The smallest absolute Gasteiger partial charge is 0.0414 e. The molecule has 1 aliphatic heterocycles. The second-order valence-electron chi connectivity index (χ2n) is 4.99. The lowest BCUT2D eigenvalue weighted by Gasteiger charge is -2.26. The fraction of sp³-hybridized carbons (Fsp3) is 0.571. The Morgan fingerprint density at radius 2 is 1.88 bits per heavy atom. The van der Waals surface area contributed by atoms with Crippen LogP contribution in [-0.4, -0.2) is 38.1 Å². The monoisotopic (exact) mass is 233 g/mol. The summed E-state index contributed by atoms with van der Waals surface area (Å²) < 4.78 is 0. The van der Waals surface area contributed by atoms with E-state index in [0.29, 0.717) is 0 Å². The minimum atomic E-state index is 0.104. The molecule has 17 heavy (non-hydrogen) atoms. The van der Waals surface area contributed by atoms with Crippen LogP contribution in [0.15, 0.2) is 24.3 Å². The third-order valence-corrected chi connectivity index (χ3v) is 3.49. The second kappa shape index (κ2) is 5.52. The van der Waals surface area contributed by atoms with Crippen molar-refractivity contribution < 1.29 is 0 Å². The van der Waals surface area contributed by atoms with Gasteiger partial charge in [0.1, 0.15) is 0 Å². The topological polar surface area (TPSA) is 32.5 Å². The molecule has 2 N–H and O–H groups in total. The minimum Gasteiger partial charge on any atom is -0.370 e. The van der Waals surface area contributed by atoms with Gasteiger partial charge in [-0.1, -0.05) is 18.2 Å². The third kappa shape index (κ3) is 2.99. The van der Waals surface area contributed by atoms with Crippen molar-refractivity contribution in [2.24, 2.45) is 5.73 Å². The first-order valence-corrected chi connectivity index (χ1v) is 6.46.